The molecule has 1 aromatic heterocycles. The first-order valence-corrected chi connectivity index (χ1v) is 6.76. The molecule has 19 heavy (non-hydrogen) atoms. The second-order valence-electron chi connectivity index (χ2n) is 5.56. The molecule has 0 aromatic carbocycles. The highest BCUT2D eigenvalue weighted by atomic mass is 16.5. The second-order valence-corrected chi connectivity index (χ2v) is 5.56. The van der Waals surface area contributed by atoms with Crippen molar-refractivity contribution in [1.29, 1.82) is 0 Å². The fourth-order valence-electron chi connectivity index (χ4n) is 1.78. The number of aromatic nitrogens is 1. The zero-order valence-electron chi connectivity index (χ0n) is 12.4. The number of likely N-dealkylation sites (N-methyl/N-ethyl adjacent to an activating group) is 1. The van der Waals surface area contributed by atoms with Gasteiger partial charge in [0, 0.05) is 25.1 Å². The number of carbonyl (C=O) groups excluding carboxylic acids is 1. The van der Waals surface area contributed by atoms with Gasteiger partial charge in [0.15, 0.2) is 0 Å². The summed E-state index contributed by atoms with van der Waals surface area (Å²) < 4.78 is 5.12. The van der Waals surface area contributed by atoms with Gasteiger partial charge in [-0.25, -0.2) is 0 Å². The summed E-state index contributed by atoms with van der Waals surface area (Å²) in [5.41, 5.74) is -0.129. The Hall–Kier alpha value is -1.36. The van der Waals surface area contributed by atoms with Crippen LogP contribution >= 0.6 is 0 Å². The zero-order valence-corrected chi connectivity index (χ0v) is 12.4. The number of carbonyl (C=O) groups is 1. The molecule has 0 aliphatic rings. The normalized spacial score (nSPS) is 13.4. The first-order valence-electron chi connectivity index (χ1n) is 6.76. The van der Waals surface area contributed by atoms with Gasteiger partial charge in [0.25, 0.3) is 5.91 Å². The van der Waals surface area contributed by atoms with E-state index in [-0.39, 0.29) is 24.1 Å². The first kappa shape index (κ1) is 15.7. The summed E-state index contributed by atoms with van der Waals surface area (Å²) in [5, 5.41) is 13.7. The molecule has 0 fully saturated rings. The first-order chi connectivity index (χ1) is 8.78. The molecule has 0 spiro atoms. The SMILES string of the molecule is CCC(C)c1cc(C(=O)N(CC)CC(C)(C)O)on1. The summed E-state index contributed by atoms with van der Waals surface area (Å²) in [6.45, 7) is 10.1. The van der Waals surface area contributed by atoms with Gasteiger partial charge in [-0.15, -0.1) is 0 Å². The van der Waals surface area contributed by atoms with Gasteiger partial charge in [-0.1, -0.05) is 19.0 Å². The molecule has 0 saturated heterocycles. The summed E-state index contributed by atoms with van der Waals surface area (Å²) in [7, 11) is 0. The number of amides is 1. The minimum absolute atomic E-state index is 0.230. The van der Waals surface area contributed by atoms with Gasteiger partial charge in [-0.3, -0.25) is 4.79 Å². The maximum Gasteiger partial charge on any atom is 0.292 e. The monoisotopic (exact) mass is 268 g/mol. The number of hydrogen-bond donors (Lipinski definition) is 1. The van der Waals surface area contributed by atoms with Crippen molar-refractivity contribution in [2.45, 2.75) is 52.6 Å². The van der Waals surface area contributed by atoms with Gasteiger partial charge < -0.3 is 14.5 Å². The van der Waals surface area contributed by atoms with Crippen LogP contribution in [-0.2, 0) is 0 Å². The lowest BCUT2D eigenvalue weighted by Crippen LogP contribution is -2.42. The van der Waals surface area contributed by atoms with E-state index >= 15 is 0 Å². The highest BCUT2D eigenvalue weighted by Gasteiger charge is 2.25. The lowest BCUT2D eigenvalue weighted by Gasteiger charge is -2.27. The average Bonchev–Trinajstić information content (AvgIpc) is 2.82. The molecule has 1 aromatic rings. The molecule has 0 aliphatic heterocycles. The zero-order chi connectivity index (χ0) is 14.6. The molecule has 108 valence electrons. The van der Waals surface area contributed by atoms with Crippen LogP contribution in [0.3, 0.4) is 0 Å². The predicted octanol–water partition coefficient (Wildman–Crippen LogP) is 2.42. The van der Waals surface area contributed by atoms with E-state index in [4.69, 9.17) is 4.52 Å². The standard InChI is InChI=1S/C14H24N2O3/c1-6-10(3)11-8-12(19-15-11)13(17)16(7-2)9-14(4,5)18/h8,10,18H,6-7,9H2,1-5H3. The van der Waals surface area contributed by atoms with E-state index in [0.717, 1.165) is 12.1 Å². The fourth-order valence-corrected chi connectivity index (χ4v) is 1.78. The summed E-state index contributed by atoms with van der Waals surface area (Å²) in [6.07, 6.45) is 0.946. The minimum Gasteiger partial charge on any atom is -0.389 e. The van der Waals surface area contributed by atoms with E-state index in [1.165, 1.54) is 0 Å². The molecule has 1 heterocycles. The highest BCUT2D eigenvalue weighted by molar-refractivity contribution is 5.91. The molecular weight excluding hydrogens is 244 g/mol. The Morgan fingerprint density at radius 3 is 2.63 bits per heavy atom. The van der Waals surface area contributed by atoms with E-state index in [0.29, 0.717) is 6.54 Å². The van der Waals surface area contributed by atoms with Crippen LogP contribution in [0.2, 0.25) is 0 Å². The van der Waals surface area contributed by atoms with E-state index in [9.17, 15) is 9.90 Å². The van der Waals surface area contributed by atoms with Crippen LogP contribution in [0.5, 0.6) is 0 Å². The Labute approximate surface area is 114 Å². The van der Waals surface area contributed by atoms with E-state index < -0.39 is 5.60 Å². The van der Waals surface area contributed by atoms with Crippen molar-refractivity contribution >= 4 is 5.91 Å². The quantitative estimate of drug-likeness (QED) is 0.860. The smallest absolute Gasteiger partial charge is 0.292 e. The molecule has 1 rings (SSSR count). The van der Waals surface area contributed by atoms with Gasteiger partial charge >= 0.3 is 0 Å². The van der Waals surface area contributed by atoms with Crippen molar-refractivity contribution in [1.82, 2.24) is 10.1 Å². The molecule has 0 bridgehead atoms. The van der Waals surface area contributed by atoms with Crippen LogP contribution in [0.15, 0.2) is 10.6 Å². The lowest BCUT2D eigenvalue weighted by molar-refractivity contribution is 0.0294. The summed E-state index contributed by atoms with van der Waals surface area (Å²) >= 11 is 0. The maximum absolute atomic E-state index is 12.3. The van der Waals surface area contributed by atoms with E-state index in [2.05, 4.69) is 12.1 Å². The largest absolute Gasteiger partial charge is 0.389 e. The second kappa shape index (κ2) is 6.19. The average molecular weight is 268 g/mol. The highest BCUT2D eigenvalue weighted by Crippen LogP contribution is 2.19. The van der Waals surface area contributed by atoms with E-state index in [1.54, 1.807) is 24.8 Å². The Kier molecular flexibility index (Phi) is 5.11. The maximum atomic E-state index is 12.3. The lowest BCUT2D eigenvalue weighted by atomic mass is 10.1. The van der Waals surface area contributed by atoms with Crippen molar-refractivity contribution in [2.75, 3.05) is 13.1 Å². The van der Waals surface area contributed by atoms with Crippen LogP contribution < -0.4 is 0 Å². The molecular formula is C14H24N2O3. The molecule has 0 aliphatic carbocycles. The summed E-state index contributed by atoms with van der Waals surface area (Å²) in [6, 6.07) is 1.70. The van der Waals surface area contributed by atoms with Gasteiger partial charge in [-0.05, 0) is 27.2 Å². The molecule has 1 atom stereocenters. The summed E-state index contributed by atoms with van der Waals surface area (Å²) in [5.74, 6) is 0.280. The molecule has 5 nitrogen and oxygen atoms in total. The van der Waals surface area contributed by atoms with Gasteiger partial charge in [-0.2, -0.15) is 0 Å². The van der Waals surface area contributed by atoms with E-state index in [1.807, 2.05) is 13.8 Å². The number of hydrogen-bond acceptors (Lipinski definition) is 4. The molecule has 5 heteroatoms. The van der Waals surface area contributed by atoms with Gasteiger partial charge in [0.2, 0.25) is 5.76 Å². The van der Waals surface area contributed by atoms with Crippen molar-refractivity contribution in [3.05, 3.63) is 17.5 Å². The molecule has 1 amide bonds. The third kappa shape index (κ3) is 4.35. The van der Waals surface area contributed by atoms with Crippen LogP contribution in [0.25, 0.3) is 0 Å². The number of nitrogens with zero attached hydrogens (tertiary/aromatic N) is 2. The van der Waals surface area contributed by atoms with Crippen LogP contribution in [-0.4, -0.2) is 39.8 Å². The molecule has 0 radical (unpaired) electrons. The molecule has 1 unspecified atom stereocenters. The van der Waals surface area contributed by atoms with Crippen molar-refractivity contribution in [3.8, 4) is 0 Å². The topological polar surface area (TPSA) is 66.6 Å². The van der Waals surface area contributed by atoms with Crippen molar-refractivity contribution in [3.63, 3.8) is 0 Å². The van der Waals surface area contributed by atoms with Crippen LogP contribution in [0, 0.1) is 0 Å². The van der Waals surface area contributed by atoms with Gasteiger partial charge in [0.1, 0.15) is 0 Å². The Morgan fingerprint density at radius 1 is 1.53 bits per heavy atom. The van der Waals surface area contributed by atoms with Crippen LogP contribution in [0.4, 0.5) is 0 Å². The van der Waals surface area contributed by atoms with Crippen molar-refractivity contribution in [2.24, 2.45) is 0 Å². The molecule has 1 N–H and O–H groups in total. The van der Waals surface area contributed by atoms with Crippen LogP contribution in [0.1, 0.15) is 63.2 Å². The fraction of sp³-hybridized carbons (Fsp3) is 0.714. The summed E-state index contributed by atoms with van der Waals surface area (Å²) in [4.78, 5) is 13.8. The Bertz CT molecular complexity index is 421. The van der Waals surface area contributed by atoms with Crippen molar-refractivity contribution < 1.29 is 14.4 Å². The Morgan fingerprint density at radius 2 is 2.16 bits per heavy atom. The molecule has 0 saturated carbocycles. The predicted molar refractivity (Wildman–Crippen MR) is 73.1 cm³/mol. The number of rotatable bonds is 6. The third-order valence-electron chi connectivity index (χ3n) is 3.10. The number of aliphatic hydroxyl groups is 1. The Balaban J connectivity index is 2.83. The minimum atomic E-state index is -0.925. The van der Waals surface area contributed by atoms with Gasteiger partial charge in [0.05, 0.1) is 11.3 Å². The third-order valence-corrected chi connectivity index (χ3v) is 3.10.